The van der Waals surface area contributed by atoms with Crippen molar-refractivity contribution in [2.75, 3.05) is 0 Å². The Morgan fingerprint density at radius 1 is 1.58 bits per heavy atom. The van der Waals surface area contributed by atoms with Crippen molar-refractivity contribution < 1.29 is 9.21 Å². The van der Waals surface area contributed by atoms with Gasteiger partial charge in [0.2, 0.25) is 0 Å². The molecule has 2 heterocycles. The molecular formula is C13H14BrN3O2. The molecule has 0 aliphatic heterocycles. The van der Waals surface area contributed by atoms with Gasteiger partial charge in [0, 0.05) is 25.5 Å². The third-order valence-corrected chi connectivity index (χ3v) is 3.69. The Hall–Kier alpha value is -1.56. The van der Waals surface area contributed by atoms with Gasteiger partial charge >= 0.3 is 0 Å². The first-order chi connectivity index (χ1) is 9.15. The van der Waals surface area contributed by atoms with Crippen LogP contribution in [0.3, 0.4) is 0 Å². The molecule has 1 aliphatic carbocycles. The highest BCUT2D eigenvalue weighted by atomic mass is 79.9. The standard InChI is InChI=1S/C13H14BrN3O2/c1-16-7-6-15-12(16)8-17(9-2-3-9)13(18)10-4-5-11(14)19-10/h4-7,9H,2-3,8H2,1H3. The highest BCUT2D eigenvalue weighted by Crippen LogP contribution is 2.30. The van der Waals surface area contributed by atoms with Crippen molar-refractivity contribution in [2.45, 2.75) is 25.4 Å². The smallest absolute Gasteiger partial charge is 0.290 e. The van der Waals surface area contributed by atoms with E-state index < -0.39 is 0 Å². The molecule has 6 heteroatoms. The van der Waals surface area contributed by atoms with Crippen LogP contribution in [0.5, 0.6) is 0 Å². The van der Waals surface area contributed by atoms with E-state index in [1.807, 2.05) is 22.7 Å². The van der Waals surface area contributed by atoms with Gasteiger partial charge < -0.3 is 13.9 Å². The predicted molar refractivity (Wildman–Crippen MR) is 72.5 cm³/mol. The summed E-state index contributed by atoms with van der Waals surface area (Å²) in [5.74, 6) is 1.18. The molecule has 100 valence electrons. The minimum absolute atomic E-state index is 0.0730. The van der Waals surface area contributed by atoms with Crippen LogP contribution in [-0.4, -0.2) is 26.4 Å². The summed E-state index contributed by atoms with van der Waals surface area (Å²) >= 11 is 3.22. The Balaban J connectivity index is 1.81. The van der Waals surface area contributed by atoms with E-state index in [1.165, 1.54) is 0 Å². The zero-order valence-electron chi connectivity index (χ0n) is 10.5. The van der Waals surface area contributed by atoms with Gasteiger partial charge in [0.1, 0.15) is 5.82 Å². The molecule has 0 bridgehead atoms. The topological polar surface area (TPSA) is 51.3 Å². The fraction of sp³-hybridized carbons (Fsp3) is 0.385. The summed E-state index contributed by atoms with van der Waals surface area (Å²) in [7, 11) is 1.93. The molecule has 3 rings (SSSR count). The number of nitrogens with zero attached hydrogens (tertiary/aromatic N) is 3. The fourth-order valence-electron chi connectivity index (χ4n) is 2.02. The van der Waals surface area contributed by atoms with Gasteiger partial charge in [-0.1, -0.05) is 0 Å². The van der Waals surface area contributed by atoms with E-state index in [-0.39, 0.29) is 5.91 Å². The molecule has 0 spiro atoms. The third kappa shape index (κ3) is 2.58. The lowest BCUT2D eigenvalue weighted by Gasteiger charge is -2.20. The predicted octanol–water partition coefficient (Wildman–Crippen LogP) is 2.58. The number of imidazole rings is 1. The van der Waals surface area contributed by atoms with E-state index in [0.717, 1.165) is 18.7 Å². The third-order valence-electron chi connectivity index (χ3n) is 3.27. The molecule has 0 atom stereocenters. The number of carbonyl (C=O) groups excluding carboxylic acids is 1. The quantitative estimate of drug-likeness (QED) is 0.869. The van der Waals surface area contributed by atoms with Crippen molar-refractivity contribution in [1.29, 1.82) is 0 Å². The number of aromatic nitrogens is 2. The van der Waals surface area contributed by atoms with Crippen LogP contribution in [0.4, 0.5) is 0 Å². The highest BCUT2D eigenvalue weighted by Gasteiger charge is 2.34. The first kappa shape index (κ1) is 12.5. The number of rotatable bonds is 4. The maximum atomic E-state index is 12.5. The summed E-state index contributed by atoms with van der Waals surface area (Å²) in [6.07, 6.45) is 5.73. The van der Waals surface area contributed by atoms with Gasteiger partial charge in [0.15, 0.2) is 10.4 Å². The van der Waals surface area contributed by atoms with E-state index in [9.17, 15) is 4.79 Å². The van der Waals surface area contributed by atoms with Crippen molar-refractivity contribution in [3.05, 3.63) is 40.8 Å². The summed E-state index contributed by atoms with van der Waals surface area (Å²) in [6.45, 7) is 0.519. The Kier molecular flexibility index (Phi) is 3.18. The van der Waals surface area contributed by atoms with Crippen LogP contribution in [-0.2, 0) is 13.6 Å². The van der Waals surface area contributed by atoms with E-state index >= 15 is 0 Å². The van der Waals surface area contributed by atoms with Crippen molar-refractivity contribution in [1.82, 2.24) is 14.5 Å². The maximum absolute atomic E-state index is 12.5. The molecule has 0 aromatic carbocycles. The van der Waals surface area contributed by atoms with Crippen molar-refractivity contribution in [3.8, 4) is 0 Å². The normalized spacial score (nSPS) is 14.6. The van der Waals surface area contributed by atoms with E-state index in [4.69, 9.17) is 4.42 Å². The number of halogens is 1. The van der Waals surface area contributed by atoms with Crippen molar-refractivity contribution in [2.24, 2.45) is 7.05 Å². The lowest BCUT2D eigenvalue weighted by molar-refractivity contribution is 0.0690. The van der Waals surface area contributed by atoms with Crippen molar-refractivity contribution in [3.63, 3.8) is 0 Å². The molecule has 2 aromatic rings. The average molecular weight is 324 g/mol. The molecule has 1 amide bonds. The second kappa shape index (κ2) is 4.85. The second-order valence-corrected chi connectivity index (χ2v) is 5.50. The molecule has 2 aromatic heterocycles. The Morgan fingerprint density at radius 3 is 2.89 bits per heavy atom. The zero-order chi connectivity index (χ0) is 13.4. The van der Waals surface area contributed by atoms with Gasteiger partial charge in [-0.25, -0.2) is 4.98 Å². The summed E-state index contributed by atoms with van der Waals surface area (Å²) in [5, 5.41) is 0. The van der Waals surface area contributed by atoms with Crippen LogP contribution in [0, 0.1) is 0 Å². The number of furan rings is 1. The maximum Gasteiger partial charge on any atom is 0.290 e. The second-order valence-electron chi connectivity index (χ2n) is 4.72. The van der Waals surface area contributed by atoms with Gasteiger partial charge in [-0.15, -0.1) is 0 Å². The molecule has 19 heavy (non-hydrogen) atoms. The summed E-state index contributed by atoms with van der Waals surface area (Å²) in [5.41, 5.74) is 0. The molecule has 1 aliphatic rings. The molecule has 0 N–H and O–H groups in total. The lowest BCUT2D eigenvalue weighted by Crippen LogP contribution is -2.33. The van der Waals surface area contributed by atoms with Gasteiger partial charge in [0.05, 0.1) is 6.54 Å². The van der Waals surface area contributed by atoms with E-state index in [1.54, 1.807) is 18.3 Å². The van der Waals surface area contributed by atoms with Crippen LogP contribution >= 0.6 is 15.9 Å². The lowest BCUT2D eigenvalue weighted by atomic mass is 10.3. The molecule has 0 saturated heterocycles. The number of hydrogen-bond donors (Lipinski definition) is 0. The number of aryl methyl sites for hydroxylation is 1. The molecule has 0 unspecified atom stereocenters. The minimum Gasteiger partial charge on any atom is -0.444 e. The highest BCUT2D eigenvalue weighted by molar-refractivity contribution is 9.10. The minimum atomic E-state index is -0.0730. The van der Waals surface area contributed by atoms with Crippen LogP contribution < -0.4 is 0 Å². The largest absolute Gasteiger partial charge is 0.444 e. The monoisotopic (exact) mass is 323 g/mol. The van der Waals surface area contributed by atoms with Crippen LogP contribution in [0.1, 0.15) is 29.2 Å². The van der Waals surface area contributed by atoms with E-state index in [0.29, 0.717) is 23.0 Å². The Labute approximate surface area is 119 Å². The average Bonchev–Trinajstić information content (AvgIpc) is 3.01. The van der Waals surface area contributed by atoms with Crippen LogP contribution in [0.15, 0.2) is 33.6 Å². The van der Waals surface area contributed by atoms with Gasteiger partial charge in [-0.2, -0.15) is 0 Å². The van der Waals surface area contributed by atoms with Gasteiger partial charge in [0.25, 0.3) is 5.91 Å². The molecular weight excluding hydrogens is 310 g/mol. The first-order valence-electron chi connectivity index (χ1n) is 6.17. The molecule has 1 fully saturated rings. The molecule has 0 radical (unpaired) electrons. The number of amides is 1. The summed E-state index contributed by atoms with van der Waals surface area (Å²) < 4.78 is 7.86. The summed E-state index contributed by atoms with van der Waals surface area (Å²) in [6, 6.07) is 3.74. The summed E-state index contributed by atoms with van der Waals surface area (Å²) in [4.78, 5) is 18.6. The Morgan fingerprint density at radius 2 is 2.37 bits per heavy atom. The number of hydrogen-bond acceptors (Lipinski definition) is 3. The number of carbonyl (C=O) groups is 1. The van der Waals surface area contributed by atoms with Crippen LogP contribution in [0.25, 0.3) is 0 Å². The fourth-order valence-corrected chi connectivity index (χ4v) is 2.33. The molecule has 1 saturated carbocycles. The van der Waals surface area contributed by atoms with Crippen LogP contribution in [0.2, 0.25) is 0 Å². The van der Waals surface area contributed by atoms with Crippen molar-refractivity contribution >= 4 is 21.8 Å². The van der Waals surface area contributed by atoms with Gasteiger partial charge in [-0.3, -0.25) is 4.79 Å². The van der Waals surface area contributed by atoms with Gasteiger partial charge in [-0.05, 0) is 40.9 Å². The Bertz CT molecular complexity index is 601. The molecule has 5 nitrogen and oxygen atoms in total. The van der Waals surface area contributed by atoms with E-state index in [2.05, 4.69) is 20.9 Å². The zero-order valence-corrected chi connectivity index (χ0v) is 12.1. The SMILES string of the molecule is Cn1ccnc1CN(C(=O)c1ccc(Br)o1)C1CC1. The first-order valence-corrected chi connectivity index (χ1v) is 6.97.